The predicted octanol–water partition coefficient (Wildman–Crippen LogP) is 4.97. The van der Waals surface area contributed by atoms with E-state index in [4.69, 9.17) is 33.8 Å². The average molecular weight is 556 g/mol. The number of thioether (sulfide) groups is 1. The first kappa shape index (κ1) is 27.3. The van der Waals surface area contributed by atoms with Crippen LogP contribution in [0, 0.1) is 11.3 Å². The molecule has 2 aromatic rings. The molecule has 13 heteroatoms. The maximum atomic E-state index is 13.8. The van der Waals surface area contributed by atoms with E-state index in [9.17, 15) is 4.57 Å². The summed E-state index contributed by atoms with van der Waals surface area (Å²) in [6.45, 7) is 14.9. The van der Waals surface area contributed by atoms with Gasteiger partial charge in [-0.1, -0.05) is 11.8 Å². The van der Waals surface area contributed by atoms with Crippen LogP contribution in [0.3, 0.4) is 0 Å². The number of phosphoric acid groups is 1. The Morgan fingerprint density at radius 1 is 1.16 bits per heavy atom. The molecule has 37 heavy (non-hydrogen) atoms. The molecule has 5 rings (SSSR count). The number of nitrogens with zero attached hydrogens (tertiary/aromatic N) is 4. The molecule has 1 unspecified atom stereocenters. The lowest BCUT2D eigenvalue weighted by molar-refractivity contribution is -0.163. The number of imidazole rings is 1. The molecule has 0 bridgehead atoms. The Bertz CT molecular complexity index is 1240. The number of fused-ring (bicyclic) bond motifs is 4. The Morgan fingerprint density at radius 2 is 1.81 bits per heavy atom. The minimum Gasteiger partial charge on any atom is -0.382 e. The smallest absolute Gasteiger partial charge is 0.382 e. The summed E-state index contributed by atoms with van der Waals surface area (Å²) in [5.41, 5.74) is 5.55. The van der Waals surface area contributed by atoms with Gasteiger partial charge in [-0.05, 0) is 74.0 Å². The molecule has 3 fully saturated rings. The molecule has 2 aliphatic carbocycles. The Balaban J connectivity index is 1.48. The molecule has 3 heterocycles. The summed E-state index contributed by atoms with van der Waals surface area (Å²) < 4.78 is 46.5. The van der Waals surface area contributed by atoms with Gasteiger partial charge >= 0.3 is 7.82 Å². The van der Waals surface area contributed by atoms with Gasteiger partial charge in [-0.25, -0.2) is 19.5 Å². The molecule has 3 aliphatic rings. The van der Waals surface area contributed by atoms with Gasteiger partial charge in [0.05, 0.1) is 36.3 Å². The molecule has 2 aromatic heterocycles. The number of hydrogen-bond donors (Lipinski definition) is 1. The van der Waals surface area contributed by atoms with Crippen LogP contribution in [0.4, 0.5) is 5.82 Å². The van der Waals surface area contributed by atoms with Crippen LogP contribution in [0.25, 0.3) is 11.2 Å². The summed E-state index contributed by atoms with van der Waals surface area (Å²) in [7, 11) is -3.89. The number of hydrogen-bond acceptors (Lipinski definition) is 11. The van der Waals surface area contributed by atoms with Crippen LogP contribution >= 0.6 is 19.6 Å². The SMILES string of the molecule is CSc1nc(N)c2ncn([C@H]3[C@@H]4OC(C)(C)O[C@@H]4C4(COP(=O)(OC(C)(C)C)OC(C)(C)C)C[C@H]34)c2n1. The standard InChI is InChI=1S/C24H38N5O6PS/c1-21(2,3)34-36(30,35-22(4,5)6)31-11-24-10-13(24)15(16-17(24)33-23(7,8)32-16)29-12-26-14-18(25)27-20(37-9)28-19(14)29/h12-13,15-17H,10-11H2,1-9H3,(H2,25,27,28)/t13-,15-,16+,17+,24?/m1/s1. The lowest BCUT2D eigenvalue weighted by atomic mass is 10.0. The van der Waals surface area contributed by atoms with Gasteiger partial charge in [0.2, 0.25) is 0 Å². The molecular formula is C24H38N5O6PS. The van der Waals surface area contributed by atoms with Gasteiger partial charge < -0.3 is 19.8 Å². The molecule has 2 N–H and O–H groups in total. The fourth-order valence-electron chi connectivity index (χ4n) is 5.62. The van der Waals surface area contributed by atoms with Crippen molar-refractivity contribution in [1.29, 1.82) is 0 Å². The van der Waals surface area contributed by atoms with E-state index < -0.39 is 30.2 Å². The molecule has 0 radical (unpaired) electrons. The first-order valence-corrected chi connectivity index (χ1v) is 15.2. The number of phosphoric ester groups is 1. The van der Waals surface area contributed by atoms with Crippen molar-refractivity contribution < 1.29 is 27.6 Å². The van der Waals surface area contributed by atoms with Crippen molar-refractivity contribution in [3.05, 3.63) is 6.33 Å². The number of ether oxygens (including phenoxy) is 2. The number of nitrogens with two attached hydrogens (primary N) is 1. The molecule has 1 saturated heterocycles. The Labute approximate surface area is 222 Å². The third-order valence-electron chi connectivity index (χ3n) is 6.82. The summed E-state index contributed by atoms with van der Waals surface area (Å²) >= 11 is 1.42. The highest BCUT2D eigenvalue weighted by molar-refractivity contribution is 7.98. The maximum Gasteiger partial charge on any atom is 0.475 e. The Hall–Kier alpha value is -1.27. The second-order valence-electron chi connectivity index (χ2n) is 12.6. The zero-order valence-corrected chi connectivity index (χ0v) is 24.7. The highest BCUT2D eigenvalue weighted by Crippen LogP contribution is 2.73. The van der Waals surface area contributed by atoms with Crippen molar-refractivity contribution in [3.8, 4) is 0 Å². The van der Waals surface area contributed by atoms with Gasteiger partial charge in [0.25, 0.3) is 0 Å². The summed E-state index contributed by atoms with van der Waals surface area (Å²) in [6, 6.07) is -0.115. The normalized spacial score (nSPS) is 31.1. The highest BCUT2D eigenvalue weighted by atomic mass is 32.2. The van der Waals surface area contributed by atoms with Crippen LogP contribution < -0.4 is 5.73 Å². The van der Waals surface area contributed by atoms with Crippen LogP contribution in [0.15, 0.2) is 11.5 Å². The lowest BCUT2D eigenvalue weighted by Crippen LogP contribution is -2.34. The first-order chi connectivity index (χ1) is 17.0. The number of rotatable bonds is 7. The molecule has 5 atom stereocenters. The second kappa shape index (κ2) is 8.61. The number of anilines is 1. The van der Waals surface area contributed by atoms with Gasteiger partial charge in [-0.15, -0.1) is 0 Å². The van der Waals surface area contributed by atoms with Crippen LogP contribution in [-0.2, 0) is 27.6 Å². The van der Waals surface area contributed by atoms with Crippen LogP contribution in [-0.4, -0.2) is 61.6 Å². The molecule has 2 saturated carbocycles. The van der Waals surface area contributed by atoms with E-state index in [2.05, 4.69) is 9.97 Å². The Kier molecular flexibility index (Phi) is 6.36. The van der Waals surface area contributed by atoms with E-state index >= 15 is 0 Å². The number of nitrogen functional groups attached to an aromatic ring is 1. The van der Waals surface area contributed by atoms with Gasteiger partial charge in [0, 0.05) is 5.41 Å². The van der Waals surface area contributed by atoms with Gasteiger partial charge in [0.1, 0.15) is 11.6 Å². The van der Waals surface area contributed by atoms with Gasteiger partial charge in [-0.3, -0.25) is 13.6 Å². The van der Waals surface area contributed by atoms with E-state index in [0.29, 0.717) is 22.1 Å². The summed E-state index contributed by atoms with van der Waals surface area (Å²) in [6.07, 6.45) is 3.92. The van der Waals surface area contributed by atoms with Gasteiger partial charge in [-0.2, -0.15) is 0 Å². The summed E-state index contributed by atoms with van der Waals surface area (Å²) in [5, 5.41) is 0.579. The largest absolute Gasteiger partial charge is 0.475 e. The van der Waals surface area contributed by atoms with Crippen molar-refractivity contribution in [2.24, 2.45) is 11.3 Å². The molecule has 0 spiro atoms. The fraction of sp³-hybridized carbons (Fsp3) is 0.792. The van der Waals surface area contributed by atoms with Crippen molar-refractivity contribution >= 4 is 36.6 Å². The van der Waals surface area contributed by atoms with E-state index in [0.717, 1.165) is 6.42 Å². The summed E-state index contributed by atoms with van der Waals surface area (Å²) in [4.78, 5) is 13.6. The van der Waals surface area contributed by atoms with Crippen LogP contribution in [0.2, 0.25) is 0 Å². The topological polar surface area (TPSA) is 133 Å². The van der Waals surface area contributed by atoms with Crippen LogP contribution in [0.5, 0.6) is 0 Å². The fourth-order valence-corrected chi connectivity index (χ4v) is 7.87. The minimum atomic E-state index is -3.89. The maximum absolute atomic E-state index is 13.8. The third-order valence-corrected chi connectivity index (χ3v) is 9.35. The molecule has 1 aliphatic heterocycles. The molecular weight excluding hydrogens is 517 g/mol. The predicted molar refractivity (Wildman–Crippen MR) is 140 cm³/mol. The van der Waals surface area contributed by atoms with E-state index in [1.54, 1.807) is 6.33 Å². The van der Waals surface area contributed by atoms with Crippen molar-refractivity contribution in [2.75, 3.05) is 18.6 Å². The third kappa shape index (κ3) is 5.06. The zero-order chi connectivity index (χ0) is 27.2. The highest BCUT2D eigenvalue weighted by Gasteiger charge is 2.76. The van der Waals surface area contributed by atoms with E-state index in [1.165, 1.54) is 11.8 Å². The number of aromatic nitrogens is 4. The average Bonchev–Trinajstić information content (AvgIpc) is 2.98. The van der Waals surface area contributed by atoms with Crippen molar-refractivity contribution in [1.82, 2.24) is 19.5 Å². The van der Waals surface area contributed by atoms with Crippen molar-refractivity contribution in [2.45, 2.75) is 102 Å². The molecule has 0 aromatic carbocycles. The molecule has 0 amide bonds. The van der Waals surface area contributed by atoms with E-state index in [1.807, 2.05) is 66.2 Å². The molecule has 11 nitrogen and oxygen atoms in total. The van der Waals surface area contributed by atoms with Crippen molar-refractivity contribution in [3.63, 3.8) is 0 Å². The zero-order valence-electron chi connectivity index (χ0n) is 23.0. The van der Waals surface area contributed by atoms with Gasteiger partial charge in [0.15, 0.2) is 22.4 Å². The molecule has 206 valence electrons. The quantitative estimate of drug-likeness (QED) is 0.282. The summed E-state index contributed by atoms with van der Waals surface area (Å²) in [5.74, 6) is -0.310. The second-order valence-corrected chi connectivity index (χ2v) is 14.9. The monoisotopic (exact) mass is 555 g/mol. The Morgan fingerprint density at radius 3 is 2.41 bits per heavy atom. The lowest BCUT2D eigenvalue weighted by Gasteiger charge is -2.32. The first-order valence-electron chi connectivity index (χ1n) is 12.5. The van der Waals surface area contributed by atoms with E-state index in [-0.39, 0.29) is 30.8 Å². The minimum absolute atomic E-state index is 0.115. The van der Waals surface area contributed by atoms with Crippen LogP contribution in [0.1, 0.15) is 67.9 Å².